The van der Waals surface area contributed by atoms with Crippen LogP contribution in [0.2, 0.25) is 5.02 Å². The molecular weight excluding hydrogens is 355 g/mol. The predicted molar refractivity (Wildman–Crippen MR) is 91.0 cm³/mol. The Morgan fingerprint density at radius 1 is 1.38 bits per heavy atom. The van der Waals surface area contributed by atoms with E-state index in [9.17, 15) is 17.6 Å². The van der Waals surface area contributed by atoms with Gasteiger partial charge in [0.05, 0.1) is 17.0 Å². The molecule has 2 aliphatic rings. The van der Waals surface area contributed by atoms with Crippen molar-refractivity contribution in [2.45, 2.75) is 31.7 Å². The normalized spacial score (nSPS) is 25.7. The molecule has 5 nitrogen and oxygen atoms in total. The third-order valence-electron chi connectivity index (χ3n) is 4.96. The van der Waals surface area contributed by atoms with Gasteiger partial charge < -0.3 is 5.32 Å². The average Bonchev–Trinajstić information content (AvgIpc) is 3.09. The number of nitrogens with one attached hydrogen (secondary N) is 1. The summed E-state index contributed by atoms with van der Waals surface area (Å²) in [6.45, 7) is -0.339. The van der Waals surface area contributed by atoms with Crippen LogP contribution in [0.1, 0.15) is 25.7 Å². The standard InChI is InChI=1S/C16H20ClFN2O3S/c1-24(22,23)20(12-4-5-14(18)13(17)8-12)9-16(21)19-15-7-10-2-3-11(15)6-10/h4-5,8,10-11,15H,2-3,6-7,9H2,1H3,(H,19,21)/t10-,11-,15+/m1/s1. The summed E-state index contributed by atoms with van der Waals surface area (Å²) >= 11 is 5.73. The first kappa shape index (κ1) is 17.5. The van der Waals surface area contributed by atoms with Gasteiger partial charge in [-0.2, -0.15) is 0 Å². The first-order valence-electron chi connectivity index (χ1n) is 7.96. The minimum absolute atomic E-state index is 0.134. The summed E-state index contributed by atoms with van der Waals surface area (Å²) < 4.78 is 38.3. The monoisotopic (exact) mass is 374 g/mol. The SMILES string of the molecule is CS(=O)(=O)N(CC(=O)N[C@H]1C[C@@H]2CC[C@@H]1C2)c1ccc(F)c(Cl)c1. The highest BCUT2D eigenvalue weighted by Gasteiger charge is 2.40. The molecule has 1 aromatic rings. The van der Waals surface area contributed by atoms with Crippen molar-refractivity contribution in [3.63, 3.8) is 0 Å². The van der Waals surface area contributed by atoms with E-state index in [1.807, 2.05) is 0 Å². The number of benzene rings is 1. The minimum atomic E-state index is -3.70. The number of hydrogen-bond donors (Lipinski definition) is 1. The van der Waals surface area contributed by atoms with Crippen LogP contribution in [0.3, 0.4) is 0 Å². The molecule has 132 valence electrons. The van der Waals surface area contributed by atoms with Crippen LogP contribution >= 0.6 is 11.6 Å². The van der Waals surface area contributed by atoms with Crippen LogP contribution in [-0.2, 0) is 14.8 Å². The number of nitrogens with zero attached hydrogens (tertiary/aromatic N) is 1. The van der Waals surface area contributed by atoms with Gasteiger partial charge in [0.2, 0.25) is 15.9 Å². The Morgan fingerprint density at radius 3 is 2.67 bits per heavy atom. The molecule has 0 unspecified atom stereocenters. The van der Waals surface area contributed by atoms with E-state index in [0.717, 1.165) is 35.9 Å². The van der Waals surface area contributed by atoms with Crippen molar-refractivity contribution in [3.8, 4) is 0 Å². The van der Waals surface area contributed by atoms with E-state index in [1.165, 1.54) is 18.6 Å². The first-order chi connectivity index (χ1) is 11.2. The Kier molecular flexibility index (Phi) is 4.75. The second kappa shape index (κ2) is 6.52. The quantitative estimate of drug-likeness (QED) is 0.861. The lowest BCUT2D eigenvalue weighted by Gasteiger charge is -2.26. The molecule has 0 aromatic heterocycles. The number of amides is 1. The molecule has 1 aromatic carbocycles. The maximum Gasteiger partial charge on any atom is 0.241 e. The van der Waals surface area contributed by atoms with E-state index in [2.05, 4.69) is 5.32 Å². The molecule has 0 saturated heterocycles. The first-order valence-corrected chi connectivity index (χ1v) is 10.2. The van der Waals surface area contributed by atoms with E-state index in [0.29, 0.717) is 11.8 Å². The molecule has 1 N–H and O–H groups in total. The third kappa shape index (κ3) is 3.67. The summed E-state index contributed by atoms with van der Waals surface area (Å²) in [5.74, 6) is 0.201. The van der Waals surface area contributed by atoms with Gasteiger partial charge in [0.15, 0.2) is 0 Å². The lowest BCUT2D eigenvalue weighted by molar-refractivity contribution is -0.120. The Bertz CT molecular complexity index is 756. The van der Waals surface area contributed by atoms with Gasteiger partial charge in [0, 0.05) is 6.04 Å². The Labute approximate surface area is 146 Å². The Morgan fingerprint density at radius 2 is 2.12 bits per heavy atom. The van der Waals surface area contributed by atoms with Gasteiger partial charge >= 0.3 is 0 Å². The highest BCUT2D eigenvalue weighted by molar-refractivity contribution is 7.92. The zero-order valence-corrected chi connectivity index (χ0v) is 14.9. The molecule has 24 heavy (non-hydrogen) atoms. The smallest absolute Gasteiger partial charge is 0.241 e. The van der Waals surface area contributed by atoms with Crippen molar-refractivity contribution in [2.24, 2.45) is 11.8 Å². The summed E-state index contributed by atoms with van der Waals surface area (Å²) in [4.78, 5) is 12.3. The van der Waals surface area contributed by atoms with Crippen molar-refractivity contribution >= 4 is 33.2 Å². The molecule has 8 heteroatoms. The number of halogens is 2. The van der Waals surface area contributed by atoms with Crippen molar-refractivity contribution in [3.05, 3.63) is 29.0 Å². The number of carbonyl (C=O) groups is 1. The van der Waals surface area contributed by atoms with Crippen molar-refractivity contribution in [1.82, 2.24) is 5.32 Å². The average molecular weight is 375 g/mol. The lowest BCUT2D eigenvalue weighted by Crippen LogP contribution is -2.45. The highest BCUT2D eigenvalue weighted by atomic mass is 35.5. The van der Waals surface area contributed by atoms with Crippen LogP contribution in [0.15, 0.2) is 18.2 Å². The molecule has 3 atom stereocenters. The van der Waals surface area contributed by atoms with Crippen molar-refractivity contribution in [1.29, 1.82) is 0 Å². The topological polar surface area (TPSA) is 66.5 Å². The molecule has 0 heterocycles. The molecule has 1 amide bonds. The molecule has 0 aliphatic heterocycles. The van der Waals surface area contributed by atoms with E-state index in [1.54, 1.807) is 0 Å². The molecule has 0 spiro atoms. The Balaban J connectivity index is 1.72. The minimum Gasteiger partial charge on any atom is -0.352 e. The Hall–Kier alpha value is -1.34. The molecule has 2 bridgehead atoms. The lowest BCUT2D eigenvalue weighted by atomic mass is 9.95. The number of sulfonamides is 1. The molecule has 2 aliphatic carbocycles. The number of anilines is 1. The highest BCUT2D eigenvalue weighted by Crippen LogP contribution is 2.44. The van der Waals surface area contributed by atoms with Crippen LogP contribution < -0.4 is 9.62 Å². The van der Waals surface area contributed by atoms with E-state index in [-0.39, 0.29) is 29.2 Å². The van der Waals surface area contributed by atoms with Gasteiger partial charge in [-0.3, -0.25) is 9.10 Å². The summed E-state index contributed by atoms with van der Waals surface area (Å²) in [5, 5.41) is 2.77. The molecule has 2 saturated carbocycles. The van der Waals surface area contributed by atoms with Crippen LogP contribution in [-0.4, -0.2) is 33.2 Å². The number of rotatable bonds is 5. The number of carbonyl (C=O) groups excluding carboxylic acids is 1. The molecule has 3 rings (SSSR count). The molecule has 2 fully saturated rings. The van der Waals surface area contributed by atoms with Crippen LogP contribution in [0.4, 0.5) is 10.1 Å². The van der Waals surface area contributed by atoms with E-state index in [4.69, 9.17) is 11.6 Å². The van der Waals surface area contributed by atoms with Crippen molar-refractivity contribution in [2.75, 3.05) is 17.1 Å². The zero-order valence-electron chi connectivity index (χ0n) is 13.3. The van der Waals surface area contributed by atoms with Crippen LogP contribution in [0.25, 0.3) is 0 Å². The fourth-order valence-electron chi connectivity index (χ4n) is 3.84. The van der Waals surface area contributed by atoms with Gasteiger partial charge in [-0.1, -0.05) is 18.0 Å². The predicted octanol–water partition coefficient (Wildman–Crippen LogP) is 2.55. The second-order valence-corrected chi connectivity index (χ2v) is 9.03. The fraction of sp³-hybridized carbons (Fsp3) is 0.562. The van der Waals surface area contributed by atoms with Gasteiger partial charge in [-0.05, 0) is 49.3 Å². The largest absolute Gasteiger partial charge is 0.352 e. The number of hydrogen-bond acceptors (Lipinski definition) is 3. The maximum absolute atomic E-state index is 13.3. The third-order valence-corrected chi connectivity index (χ3v) is 6.39. The summed E-state index contributed by atoms with van der Waals surface area (Å²) in [5.41, 5.74) is 0.173. The summed E-state index contributed by atoms with van der Waals surface area (Å²) in [7, 11) is -3.70. The van der Waals surface area contributed by atoms with Crippen molar-refractivity contribution < 1.29 is 17.6 Å². The maximum atomic E-state index is 13.3. The zero-order chi connectivity index (χ0) is 17.5. The summed E-state index contributed by atoms with van der Waals surface area (Å²) in [6.07, 6.45) is 5.47. The number of fused-ring (bicyclic) bond motifs is 2. The van der Waals surface area contributed by atoms with Gasteiger partial charge in [-0.15, -0.1) is 0 Å². The van der Waals surface area contributed by atoms with E-state index < -0.39 is 15.8 Å². The summed E-state index contributed by atoms with van der Waals surface area (Å²) in [6, 6.07) is 3.73. The second-order valence-electron chi connectivity index (χ2n) is 6.72. The van der Waals surface area contributed by atoms with Crippen LogP contribution in [0.5, 0.6) is 0 Å². The molecular formula is C16H20ClFN2O3S. The fourth-order valence-corrected chi connectivity index (χ4v) is 4.87. The van der Waals surface area contributed by atoms with Gasteiger partial charge in [0.25, 0.3) is 0 Å². The van der Waals surface area contributed by atoms with Gasteiger partial charge in [0.1, 0.15) is 12.4 Å². The van der Waals surface area contributed by atoms with E-state index >= 15 is 0 Å². The van der Waals surface area contributed by atoms with Crippen LogP contribution in [0, 0.1) is 17.7 Å². The van der Waals surface area contributed by atoms with Gasteiger partial charge in [-0.25, -0.2) is 12.8 Å². The molecule has 0 radical (unpaired) electrons.